The van der Waals surface area contributed by atoms with Crippen molar-refractivity contribution < 1.29 is 4.74 Å². The van der Waals surface area contributed by atoms with Crippen LogP contribution in [-0.4, -0.2) is 12.1 Å². The molecule has 1 heterocycles. The predicted octanol–water partition coefficient (Wildman–Crippen LogP) is 3.13. The fourth-order valence-electron chi connectivity index (χ4n) is 1.90. The Kier molecular flexibility index (Phi) is 3.99. The van der Waals surface area contributed by atoms with Crippen molar-refractivity contribution in [1.82, 2.24) is 4.98 Å². The third kappa shape index (κ3) is 2.83. The predicted molar refractivity (Wildman–Crippen MR) is 74.0 cm³/mol. The molecule has 0 aliphatic heterocycles. The molecule has 96 valence electrons. The second-order valence-corrected chi connectivity index (χ2v) is 4.14. The Bertz CT molecular complexity index is 590. The lowest BCUT2D eigenvalue weighted by Gasteiger charge is -2.18. The maximum atomic E-state index is 9.17. The molecule has 0 fully saturated rings. The van der Waals surface area contributed by atoms with Gasteiger partial charge >= 0.3 is 0 Å². The number of ether oxygens (including phenoxy) is 1. The number of rotatable bonds is 4. The van der Waals surface area contributed by atoms with E-state index >= 15 is 0 Å². The Hall–Kier alpha value is -2.54. The van der Waals surface area contributed by atoms with Gasteiger partial charge in [0.2, 0.25) is 0 Å². The quantitative estimate of drug-likeness (QED) is 0.909. The number of aromatic nitrogens is 1. The Morgan fingerprint density at radius 1 is 1.26 bits per heavy atom. The Morgan fingerprint density at radius 2 is 2.00 bits per heavy atom. The van der Waals surface area contributed by atoms with Crippen molar-refractivity contribution in [2.24, 2.45) is 0 Å². The van der Waals surface area contributed by atoms with E-state index in [4.69, 9.17) is 10.00 Å². The molecule has 2 aromatic rings. The number of hydrogen-bond donors (Lipinski definition) is 1. The molecule has 0 saturated heterocycles. The average Bonchev–Trinajstić information content (AvgIpc) is 2.48. The van der Waals surface area contributed by atoms with Gasteiger partial charge in [-0.25, -0.2) is 0 Å². The van der Waals surface area contributed by atoms with Gasteiger partial charge in [-0.3, -0.25) is 4.98 Å². The first kappa shape index (κ1) is 12.9. The molecule has 0 spiro atoms. The highest BCUT2D eigenvalue weighted by molar-refractivity contribution is 5.67. The molecule has 0 aliphatic rings. The molecule has 0 radical (unpaired) electrons. The van der Waals surface area contributed by atoms with Crippen LogP contribution in [0, 0.1) is 11.3 Å². The summed E-state index contributed by atoms with van der Waals surface area (Å²) in [7, 11) is 1.60. The summed E-state index contributed by atoms with van der Waals surface area (Å²) in [5.74, 6) is 0.667. The zero-order valence-electron chi connectivity index (χ0n) is 10.9. The number of hydrogen-bond acceptors (Lipinski definition) is 4. The van der Waals surface area contributed by atoms with E-state index in [0.717, 1.165) is 11.3 Å². The molecule has 1 unspecified atom stereocenters. The fraction of sp³-hybridized carbons (Fsp3) is 0.200. The second-order valence-electron chi connectivity index (χ2n) is 4.14. The van der Waals surface area contributed by atoms with Crippen molar-refractivity contribution in [2.45, 2.75) is 13.0 Å². The van der Waals surface area contributed by atoms with Crippen molar-refractivity contribution in [3.8, 4) is 11.8 Å². The van der Waals surface area contributed by atoms with Gasteiger partial charge in [-0.1, -0.05) is 6.07 Å². The number of nitriles is 1. The van der Waals surface area contributed by atoms with Crippen molar-refractivity contribution in [3.05, 3.63) is 53.9 Å². The lowest BCUT2D eigenvalue weighted by Crippen LogP contribution is -2.09. The van der Waals surface area contributed by atoms with Crippen LogP contribution in [0.15, 0.2) is 42.7 Å². The number of benzene rings is 1. The van der Waals surface area contributed by atoms with Crippen LogP contribution in [-0.2, 0) is 0 Å². The molecule has 0 aliphatic carbocycles. The van der Waals surface area contributed by atoms with Gasteiger partial charge in [-0.2, -0.15) is 5.26 Å². The monoisotopic (exact) mass is 253 g/mol. The van der Waals surface area contributed by atoms with Crippen LogP contribution >= 0.6 is 0 Å². The molecule has 4 nitrogen and oxygen atoms in total. The fourth-order valence-corrected chi connectivity index (χ4v) is 1.90. The van der Waals surface area contributed by atoms with E-state index in [1.165, 1.54) is 0 Å². The van der Waals surface area contributed by atoms with Crippen molar-refractivity contribution >= 4 is 5.69 Å². The maximum absolute atomic E-state index is 9.17. The highest BCUT2D eigenvalue weighted by Gasteiger charge is 2.12. The van der Waals surface area contributed by atoms with Gasteiger partial charge in [-0.15, -0.1) is 0 Å². The van der Waals surface area contributed by atoms with Gasteiger partial charge in [0.25, 0.3) is 0 Å². The van der Waals surface area contributed by atoms with E-state index < -0.39 is 0 Å². The summed E-state index contributed by atoms with van der Waals surface area (Å²) in [5.41, 5.74) is 2.39. The maximum Gasteiger partial charge on any atom is 0.143 e. The summed E-state index contributed by atoms with van der Waals surface area (Å²) in [6.07, 6.45) is 3.50. The first-order valence-electron chi connectivity index (χ1n) is 6.00. The molecule has 1 aromatic heterocycles. The van der Waals surface area contributed by atoms with Gasteiger partial charge < -0.3 is 10.1 Å². The molecule has 19 heavy (non-hydrogen) atoms. The van der Waals surface area contributed by atoms with E-state index in [-0.39, 0.29) is 6.04 Å². The summed E-state index contributed by atoms with van der Waals surface area (Å²) in [6, 6.07) is 11.5. The van der Waals surface area contributed by atoms with Crippen LogP contribution < -0.4 is 10.1 Å². The Morgan fingerprint density at radius 3 is 2.63 bits per heavy atom. The molecular weight excluding hydrogens is 238 g/mol. The van der Waals surface area contributed by atoms with Gasteiger partial charge in [0.1, 0.15) is 11.8 Å². The van der Waals surface area contributed by atoms with Crippen LogP contribution in [0.2, 0.25) is 0 Å². The van der Waals surface area contributed by atoms with Crippen LogP contribution in [0.1, 0.15) is 24.1 Å². The van der Waals surface area contributed by atoms with Crippen molar-refractivity contribution in [3.63, 3.8) is 0 Å². The van der Waals surface area contributed by atoms with Crippen LogP contribution in [0.5, 0.6) is 5.75 Å². The highest BCUT2D eigenvalue weighted by atomic mass is 16.5. The molecule has 1 atom stereocenters. The third-order valence-corrected chi connectivity index (χ3v) is 2.93. The number of para-hydroxylation sites is 1. The Balaban J connectivity index is 2.31. The van der Waals surface area contributed by atoms with E-state index in [1.807, 2.05) is 25.1 Å². The first-order chi connectivity index (χ1) is 9.26. The number of nitrogens with zero attached hydrogens (tertiary/aromatic N) is 2. The minimum atomic E-state index is 0.0615. The van der Waals surface area contributed by atoms with Crippen LogP contribution in [0.4, 0.5) is 5.69 Å². The van der Waals surface area contributed by atoms with Crippen LogP contribution in [0.25, 0.3) is 0 Å². The summed E-state index contributed by atoms with van der Waals surface area (Å²) < 4.78 is 5.30. The molecule has 1 aromatic carbocycles. The minimum absolute atomic E-state index is 0.0615. The standard InChI is InChI=1S/C15H15N3O/c1-11(12-6-8-17-9-7-12)18-15-13(10-16)4-3-5-14(15)19-2/h3-9,11,18H,1-2H3. The lowest BCUT2D eigenvalue weighted by atomic mass is 10.1. The van der Waals surface area contributed by atoms with Crippen LogP contribution in [0.3, 0.4) is 0 Å². The number of pyridine rings is 1. The number of anilines is 1. The van der Waals surface area contributed by atoms with E-state index in [0.29, 0.717) is 11.3 Å². The van der Waals surface area contributed by atoms with E-state index in [9.17, 15) is 0 Å². The second kappa shape index (κ2) is 5.87. The van der Waals surface area contributed by atoms with E-state index in [1.54, 1.807) is 31.6 Å². The Labute approximate surface area is 112 Å². The highest BCUT2D eigenvalue weighted by Crippen LogP contribution is 2.31. The molecule has 2 rings (SSSR count). The van der Waals surface area contributed by atoms with Crippen molar-refractivity contribution in [2.75, 3.05) is 12.4 Å². The molecule has 1 N–H and O–H groups in total. The molecule has 4 heteroatoms. The summed E-state index contributed by atoms with van der Waals surface area (Å²) in [4.78, 5) is 4.00. The lowest BCUT2D eigenvalue weighted by molar-refractivity contribution is 0.416. The van der Waals surface area contributed by atoms with Crippen molar-refractivity contribution in [1.29, 1.82) is 5.26 Å². The number of methoxy groups -OCH3 is 1. The zero-order chi connectivity index (χ0) is 13.7. The summed E-state index contributed by atoms with van der Waals surface area (Å²) >= 11 is 0. The summed E-state index contributed by atoms with van der Waals surface area (Å²) in [5, 5.41) is 12.5. The minimum Gasteiger partial charge on any atom is -0.495 e. The van der Waals surface area contributed by atoms with Gasteiger partial charge in [0.15, 0.2) is 0 Å². The normalized spacial score (nSPS) is 11.4. The smallest absolute Gasteiger partial charge is 0.143 e. The third-order valence-electron chi connectivity index (χ3n) is 2.93. The van der Waals surface area contributed by atoms with Gasteiger partial charge in [0.05, 0.1) is 18.4 Å². The molecular formula is C15H15N3O. The number of nitrogens with one attached hydrogen (secondary N) is 1. The molecule has 0 bridgehead atoms. The average molecular weight is 253 g/mol. The SMILES string of the molecule is COc1cccc(C#N)c1NC(C)c1ccncc1. The van der Waals surface area contributed by atoms with E-state index in [2.05, 4.69) is 16.4 Å². The van der Waals surface area contributed by atoms with Gasteiger partial charge in [0, 0.05) is 18.4 Å². The molecule has 0 amide bonds. The summed E-state index contributed by atoms with van der Waals surface area (Å²) in [6.45, 7) is 2.03. The van der Waals surface area contributed by atoms with Gasteiger partial charge in [-0.05, 0) is 36.8 Å². The first-order valence-corrected chi connectivity index (χ1v) is 6.00. The zero-order valence-corrected chi connectivity index (χ0v) is 10.9. The largest absolute Gasteiger partial charge is 0.495 e. The molecule has 0 saturated carbocycles. The topological polar surface area (TPSA) is 57.9 Å².